The first-order valence-electron chi connectivity index (χ1n) is 5.63. The van der Waals surface area contributed by atoms with Crippen LogP contribution in [0.5, 0.6) is 5.75 Å². The zero-order valence-corrected chi connectivity index (χ0v) is 13.4. The second-order valence-electron chi connectivity index (χ2n) is 3.91. The van der Waals surface area contributed by atoms with Gasteiger partial charge in [-0.2, -0.15) is 0 Å². The highest BCUT2D eigenvalue weighted by Crippen LogP contribution is 2.33. The van der Waals surface area contributed by atoms with Crippen LogP contribution in [0.4, 0.5) is 0 Å². The van der Waals surface area contributed by atoms with Crippen molar-refractivity contribution in [3.63, 3.8) is 0 Å². The van der Waals surface area contributed by atoms with Crippen LogP contribution < -0.4 is 10.6 Å². The van der Waals surface area contributed by atoms with Crippen molar-refractivity contribution in [2.45, 2.75) is 26.4 Å². The second-order valence-corrected chi connectivity index (χ2v) is 5.61. The summed E-state index contributed by atoms with van der Waals surface area (Å²) in [4.78, 5) is 11.5. The highest BCUT2D eigenvalue weighted by molar-refractivity contribution is 9.11. The molecule has 0 saturated heterocycles. The lowest BCUT2D eigenvalue weighted by Gasteiger charge is -2.14. The molecule has 1 unspecified atom stereocenters. The van der Waals surface area contributed by atoms with Gasteiger partial charge in [0, 0.05) is 13.1 Å². The first-order chi connectivity index (χ1) is 8.45. The van der Waals surface area contributed by atoms with Crippen molar-refractivity contribution in [2.24, 2.45) is 0 Å². The molecule has 0 aliphatic rings. The Balaban J connectivity index is 2.61. The molecule has 1 rings (SSSR count). The van der Waals surface area contributed by atoms with E-state index in [2.05, 4.69) is 42.5 Å². The van der Waals surface area contributed by atoms with Gasteiger partial charge in [-0.15, -0.1) is 0 Å². The lowest BCUT2D eigenvalue weighted by atomic mass is 10.2. The van der Waals surface area contributed by atoms with Gasteiger partial charge >= 0.3 is 0 Å². The molecule has 1 aromatic carbocycles. The number of hydrogen-bond acceptors (Lipinski definition) is 3. The molecule has 0 aliphatic heterocycles. The summed E-state index contributed by atoms with van der Waals surface area (Å²) in [6.45, 7) is 4.88. The van der Waals surface area contributed by atoms with Crippen LogP contribution in [-0.2, 0) is 11.3 Å². The third-order valence-electron chi connectivity index (χ3n) is 2.43. The van der Waals surface area contributed by atoms with Crippen LogP contribution >= 0.6 is 31.9 Å². The minimum absolute atomic E-state index is 0.0191. The van der Waals surface area contributed by atoms with E-state index in [-0.39, 0.29) is 17.7 Å². The number of rotatable bonds is 5. The number of likely N-dealkylation sites (N-methyl/N-ethyl adjacent to an activating group) is 1. The average molecular weight is 380 g/mol. The summed E-state index contributed by atoms with van der Waals surface area (Å²) in [6, 6.07) is 3.38. The maximum Gasteiger partial charge on any atom is 0.236 e. The van der Waals surface area contributed by atoms with Gasteiger partial charge in [-0.3, -0.25) is 4.79 Å². The third-order valence-corrected chi connectivity index (χ3v) is 3.64. The Morgan fingerprint density at radius 2 is 1.94 bits per heavy atom. The molecule has 0 heterocycles. The number of hydrogen-bond donors (Lipinski definition) is 3. The molecule has 0 aromatic heterocycles. The van der Waals surface area contributed by atoms with Crippen LogP contribution in [0.15, 0.2) is 21.1 Å². The molecule has 4 nitrogen and oxygen atoms in total. The van der Waals surface area contributed by atoms with Gasteiger partial charge in [-0.1, -0.05) is 0 Å². The first kappa shape index (κ1) is 15.5. The summed E-state index contributed by atoms with van der Waals surface area (Å²) in [7, 11) is 0. The minimum Gasteiger partial charge on any atom is -0.506 e. The Labute approximate surface area is 123 Å². The lowest BCUT2D eigenvalue weighted by molar-refractivity contribution is -0.122. The quantitative estimate of drug-likeness (QED) is 0.736. The van der Waals surface area contributed by atoms with E-state index in [0.29, 0.717) is 22.0 Å². The van der Waals surface area contributed by atoms with Gasteiger partial charge in [0.1, 0.15) is 5.75 Å². The van der Waals surface area contributed by atoms with Crippen molar-refractivity contribution in [2.75, 3.05) is 6.54 Å². The van der Waals surface area contributed by atoms with Gasteiger partial charge in [-0.05, 0) is 63.4 Å². The number of nitrogens with one attached hydrogen (secondary N) is 2. The van der Waals surface area contributed by atoms with Gasteiger partial charge < -0.3 is 15.7 Å². The summed E-state index contributed by atoms with van der Waals surface area (Å²) in [5.41, 5.74) is 0.975. The van der Waals surface area contributed by atoms with E-state index >= 15 is 0 Å². The van der Waals surface area contributed by atoms with E-state index in [0.717, 1.165) is 5.56 Å². The van der Waals surface area contributed by atoms with Crippen LogP contribution in [0.3, 0.4) is 0 Å². The molecular weight excluding hydrogens is 364 g/mol. The molecule has 100 valence electrons. The molecule has 0 spiro atoms. The predicted octanol–water partition coefficient (Wildman–Crippen LogP) is 2.53. The Kier molecular flexibility index (Phi) is 6.11. The number of halogens is 2. The van der Waals surface area contributed by atoms with E-state index in [1.54, 1.807) is 0 Å². The Hall–Kier alpha value is -0.590. The fourth-order valence-electron chi connectivity index (χ4n) is 1.41. The third kappa shape index (κ3) is 4.26. The normalized spacial score (nSPS) is 12.2. The number of phenolic OH excluding ortho intramolecular Hbond substituents is 1. The van der Waals surface area contributed by atoms with Gasteiger partial charge in [0.05, 0.1) is 15.0 Å². The number of benzene rings is 1. The topological polar surface area (TPSA) is 61.4 Å². The highest BCUT2D eigenvalue weighted by atomic mass is 79.9. The first-order valence-corrected chi connectivity index (χ1v) is 7.22. The molecule has 18 heavy (non-hydrogen) atoms. The molecule has 0 saturated carbocycles. The molecule has 1 aromatic rings. The molecule has 0 fully saturated rings. The monoisotopic (exact) mass is 378 g/mol. The van der Waals surface area contributed by atoms with Crippen LogP contribution in [0, 0.1) is 0 Å². The average Bonchev–Trinajstić information content (AvgIpc) is 2.33. The van der Waals surface area contributed by atoms with Crippen molar-refractivity contribution in [3.8, 4) is 5.75 Å². The summed E-state index contributed by atoms with van der Waals surface area (Å²) >= 11 is 6.54. The Morgan fingerprint density at radius 1 is 1.39 bits per heavy atom. The van der Waals surface area contributed by atoms with Crippen molar-refractivity contribution < 1.29 is 9.90 Å². The molecule has 1 atom stereocenters. The number of phenols is 1. The standard InChI is InChI=1S/C12H16Br2N2O2/c1-3-15-12(18)7(2)16-6-8-4-9(13)11(17)10(14)5-8/h4-5,7,16-17H,3,6H2,1-2H3,(H,15,18). The zero-order valence-electron chi connectivity index (χ0n) is 10.3. The summed E-state index contributed by atoms with van der Waals surface area (Å²) in [6.07, 6.45) is 0. The fraction of sp³-hybridized carbons (Fsp3) is 0.417. The number of carbonyl (C=O) groups is 1. The molecule has 0 bridgehead atoms. The molecule has 6 heteroatoms. The second kappa shape index (κ2) is 7.11. The molecule has 1 amide bonds. The molecular formula is C12H16Br2N2O2. The predicted molar refractivity (Wildman–Crippen MR) is 78.5 cm³/mol. The summed E-state index contributed by atoms with van der Waals surface area (Å²) in [5, 5.41) is 15.5. The number of amides is 1. The smallest absolute Gasteiger partial charge is 0.236 e. The maximum absolute atomic E-state index is 11.5. The Bertz CT molecular complexity index is 415. The van der Waals surface area contributed by atoms with E-state index in [9.17, 15) is 9.90 Å². The van der Waals surface area contributed by atoms with E-state index in [1.165, 1.54) is 0 Å². The van der Waals surface area contributed by atoms with Crippen molar-refractivity contribution in [1.29, 1.82) is 0 Å². The van der Waals surface area contributed by atoms with Crippen molar-refractivity contribution >= 4 is 37.8 Å². The fourth-order valence-corrected chi connectivity index (χ4v) is 2.69. The van der Waals surface area contributed by atoms with E-state index < -0.39 is 0 Å². The van der Waals surface area contributed by atoms with Gasteiger partial charge in [0.2, 0.25) is 5.91 Å². The number of aromatic hydroxyl groups is 1. The van der Waals surface area contributed by atoms with Gasteiger partial charge in [-0.25, -0.2) is 0 Å². The maximum atomic E-state index is 11.5. The molecule has 3 N–H and O–H groups in total. The SMILES string of the molecule is CCNC(=O)C(C)NCc1cc(Br)c(O)c(Br)c1. The molecule has 0 radical (unpaired) electrons. The van der Waals surface area contributed by atoms with Crippen molar-refractivity contribution in [3.05, 3.63) is 26.6 Å². The molecule has 0 aliphatic carbocycles. The van der Waals surface area contributed by atoms with Crippen molar-refractivity contribution in [1.82, 2.24) is 10.6 Å². The van der Waals surface area contributed by atoms with Crippen LogP contribution in [0.25, 0.3) is 0 Å². The highest BCUT2D eigenvalue weighted by Gasteiger charge is 2.11. The van der Waals surface area contributed by atoms with Crippen LogP contribution in [0.1, 0.15) is 19.4 Å². The van der Waals surface area contributed by atoms with Gasteiger partial charge in [0.25, 0.3) is 0 Å². The van der Waals surface area contributed by atoms with Gasteiger partial charge in [0.15, 0.2) is 0 Å². The Morgan fingerprint density at radius 3 is 2.44 bits per heavy atom. The summed E-state index contributed by atoms with van der Waals surface area (Å²) in [5.74, 6) is 0.157. The summed E-state index contributed by atoms with van der Waals surface area (Å²) < 4.78 is 1.25. The largest absolute Gasteiger partial charge is 0.506 e. The lowest BCUT2D eigenvalue weighted by Crippen LogP contribution is -2.41. The van der Waals surface area contributed by atoms with E-state index in [4.69, 9.17) is 0 Å². The number of carbonyl (C=O) groups excluding carboxylic acids is 1. The van der Waals surface area contributed by atoms with Crippen LogP contribution in [-0.4, -0.2) is 23.6 Å². The van der Waals surface area contributed by atoms with Crippen LogP contribution in [0.2, 0.25) is 0 Å². The van der Waals surface area contributed by atoms with E-state index in [1.807, 2.05) is 26.0 Å². The minimum atomic E-state index is -0.253. The zero-order chi connectivity index (χ0) is 13.7.